The van der Waals surface area contributed by atoms with Gasteiger partial charge in [-0.15, -0.1) is 0 Å². The van der Waals surface area contributed by atoms with Crippen LogP contribution in [0.1, 0.15) is 18.6 Å². The Labute approximate surface area is 122 Å². The van der Waals surface area contributed by atoms with E-state index < -0.39 is 0 Å². The third kappa shape index (κ3) is 2.06. The summed E-state index contributed by atoms with van der Waals surface area (Å²) < 4.78 is 7.17. The van der Waals surface area contributed by atoms with Gasteiger partial charge in [0.25, 0.3) is 0 Å². The highest BCUT2D eigenvalue weighted by atomic mass is 16.3. The minimum Gasteiger partial charge on any atom is -0.468 e. The molecule has 2 aromatic rings. The Morgan fingerprint density at radius 2 is 2.33 bits per heavy atom. The molecular weight excluding hydrogens is 268 g/mol. The SMILES string of the molecule is Cn1cc(N2C(=O)C[C@H]3[C@H]2CCN3Cc2ccco2)cn1. The Balaban J connectivity index is 1.55. The summed E-state index contributed by atoms with van der Waals surface area (Å²) in [5.41, 5.74) is 0.912. The van der Waals surface area contributed by atoms with Crippen LogP contribution in [0.4, 0.5) is 5.69 Å². The third-order valence-electron chi connectivity index (χ3n) is 4.52. The predicted molar refractivity (Wildman–Crippen MR) is 76.6 cm³/mol. The highest BCUT2D eigenvalue weighted by Gasteiger charge is 2.47. The van der Waals surface area contributed by atoms with Gasteiger partial charge >= 0.3 is 0 Å². The number of anilines is 1. The van der Waals surface area contributed by atoms with Crippen LogP contribution >= 0.6 is 0 Å². The van der Waals surface area contributed by atoms with Crippen LogP contribution in [0.25, 0.3) is 0 Å². The zero-order chi connectivity index (χ0) is 14.4. The molecule has 0 saturated carbocycles. The fourth-order valence-electron chi connectivity index (χ4n) is 3.60. The molecule has 0 radical (unpaired) electrons. The molecule has 6 nitrogen and oxygen atoms in total. The monoisotopic (exact) mass is 286 g/mol. The maximum absolute atomic E-state index is 12.4. The van der Waals surface area contributed by atoms with Crippen molar-refractivity contribution in [2.45, 2.75) is 31.5 Å². The van der Waals surface area contributed by atoms with Gasteiger partial charge < -0.3 is 9.32 Å². The number of hydrogen-bond donors (Lipinski definition) is 0. The summed E-state index contributed by atoms with van der Waals surface area (Å²) in [4.78, 5) is 16.7. The molecular formula is C15H18N4O2. The van der Waals surface area contributed by atoms with Crippen LogP contribution in [0.2, 0.25) is 0 Å². The van der Waals surface area contributed by atoms with Crippen molar-refractivity contribution in [3.63, 3.8) is 0 Å². The molecule has 2 aliphatic rings. The van der Waals surface area contributed by atoms with E-state index in [1.165, 1.54) is 0 Å². The highest BCUT2D eigenvalue weighted by Crippen LogP contribution is 2.36. The van der Waals surface area contributed by atoms with Gasteiger partial charge in [0.1, 0.15) is 5.76 Å². The summed E-state index contributed by atoms with van der Waals surface area (Å²) in [6.07, 6.45) is 6.97. The molecule has 6 heteroatoms. The van der Waals surface area contributed by atoms with E-state index in [-0.39, 0.29) is 18.0 Å². The zero-order valence-corrected chi connectivity index (χ0v) is 12.0. The zero-order valence-electron chi connectivity index (χ0n) is 12.0. The van der Waals surface area contributed by atoms with Gasteiger partial charge in [-0.3, -0.25) is 14.4 Å². The summed E-state index contributed by atoms with van der Waals surface area (Å²) >= 11 is 0. The molecule has 2 fully saturated rings. The Morgan fingerprint density at radius 1 is 1.43 bits per heavy atom. The maximum atomic E-state index is 12.4. The van der Waals surface area contributed by atoms with Crippen molar-refractivity contribution in [2.24, 2.45) is 7.05 Å². The van der Waals surface area contributed by atoms with E-state index in [2.05, 4.69) is 10.00 Å². The van der Waals surface area contributed by atoms with Crippen molar-refractivity contribution in [1.29, 1.82) is 0 Å². The molecule has 2 aromatic heterocycles. The van der Waals surface area contributed by atoms with Gasteiger partial charge in [0.2, 0.25) is 5.91 Å². The number of carbonyl (C=O) groups excluding carboxylic acids is 1. The molecule has 0 spiro atoms. The molecule has 2 atom stereocenters. The van der Waals surface area contributed by atoms with E-state index in [1.54, 1.807) is 17.1 Å². The van der Waals surface area contributed by atoms with E-state index in [4.69, 9.17) is 4.42 Å². The van der Waals surface area contributed by atoms with Crippen molar-refractivity contribution in [2.75, 3.05) is 11.4 Å². The summed E-state index contributed by atoms with van der Waals surface area (Å²) in [6, 6.07) is 4.44. The Morgan fingerprint density at radius 3 is 3.05 bits per heavy atom. The Bertz CT molecular complexity index is 648. The van der Waals surface area contributed by atoms with Crippen molar-refractivity contribution in [3.05, 3.63) is 36.5 Å². The number of rotatable bonds is 3. The first-order valence-electron chi connectivity index (χ1n) is 7.29. The molecule has 4 heterocycles. The molecule has 21 heavy (non-hydrogen) atoms. The van der Waals surface area contributed by atoms with E-state index >= 15 is 0 Å². The molecule has 0 aromatic carbocycles. The number of furan rings is 1. The molecule has 4 rings (SSSR count). The van der Waals surface area contributed by atoms with Crippen LogP contribution in [0.3, 0.4) is 0 Å². The average molecular weight is 286 g/mol. The fourth-order valence-corrected chi connectivity index (χ4v) is 3.60. The maximum Gasteiger partial charge on any atom is 0.229 e. The fraction of sp³-hybridized carbons (Fsp3) is 0.467. The number of aryl methyl sites for hydroxylation is 1. The minimum atomic E-state index is 0.196. The Kier molecular flexibility index (Phi) is 2.85. The normalized spacial score (nSPS) is 25.8. The first-order valence-corrected chi connectivity index (χ1v) is 7.29. The first-order chi connectivity index (χ1) is 10.2. The smallest absolute Gasteiger partial charge is 0.229 e. The summed E-state index contributed by atoms with van der Waals surface area (Å²) in [6.45, 7) is 1.78. The van der Waals surface area contributed by atoms with Gasteiger partial charge in [-0.05, 0) is 18.6 Å². The number of hydrogen-bond acceptors (Lipinski definition) is 4. The standard InChI is InChI=1S/C15H18N4O2/c1-17-9-11(8-16-17)19-13-4-5-18(14(13)7-15(19)20)10-12-3-2-6-21-12/h2-3,6,8-9,13-14H,4-5,7,10H2,1H3/t13-,14+/m1/s1. The van der Waals surface area contributed by atoms with Crippen LogP contribution in [0.15, 0.2) is 35.2 Å². The topological polar surface area (TPSA) is 54.5 Å². The summed E-state index contributed by atoms with van der Waals surface area (Å²) in [7, 11) is 1.87. The molecule has 0 bridgehead atoms. The average Bonchev–Trinajstić information content (AvgIpc) is 3.18. The second kappa shape index (κ2) is 4.73. The molecule has 2 saturated heterocycles. The van der Waals surface area contributed by atoms with Gasteiger partial charge in [0.15, 0.2) is 0 Å². The van der Waals surface area contributed by atoms with E-state index in [0.717, 1.165) is 31.0 Å². The number of fused-ring (bicyclic) bond motifs is 1. The van der Waals surface area contributed by atoms with Crippen molar-refractivity contribution < 1.29 is 9.21 Å². The van der Waals surface area contributed by atoms with Crippen molar-refractivity contribution in [3.8, 4) is 0 Å². The molecule has 1 amide bonds. The lowest BCUT2D eigenvalue weighted by molar-refractivity contribution is -0.117. The van der Waals surface area contributed by atoms with E-state index in [1.807, 2.05) is 30.3 Å². The number of carbonyl (C=O) groups is 1. The van der Waals surface area contributed by atoms with E-state index in [0.29, 0.717) is 6.42 Å². The Hall–Kier alpha value is -2.08. The number of likely N-dealkylation sites (tertiary alicyclic amines) is 1. The molecule has 0 N–H and O–H groups in total. The lowest BCUT2D eigenvalue weighted by atomic mass is 10.1. The first kappa shape index (κ1) is 12.6. The van der Waals surface area contributed by atoms with Gasteiger partial charge in [0.05, 0.1) is 30.7 Å². The van der Waals surface area contributed by atoms with Gasteiger partial charge in [-0.25, -0.2) is 0 Å². The van der Waals surface area contributed by atoms with Crippen molar-refractivity contribution in [1.82, 2.24) is 14.7 Å². The number of nitrogens with zero attached hydrogens (tertiary/aromatic N) is 4. The number of amides is 1. The van der Waals surface area contributed by atoms with Crippen LogP contribution in [-0.4, -0.2) is 39.2 Å². The lowest BCUT2D eigenvalue weighted by Gasteiger charge is -2.23. The predicted octanol–water partition coefficient (Wildman–Crippen LogP) is 1.39. The minimum absolute atomic E-state index is 0.196. The highest BCUT2D eigenvalue weighted by molar-refractivity contribution is 5.97. The van der Waals surface area contributed by atoms with Gasteiger partial charge in [-0.2, -0.15) is 5.10 Å². The largest absolute Gasteiger partial charge is 0.468 e. The van der Waals surface area contributed by atoms with Crippen LogP contribution < -0.4 is 4.90 Å². The number of aromatic nitrogens is 2. The molecule has 0 aliphatic carbocycles. The van der Waals surface area contributed by atoms with Crippen molar-refractivity contribution >= 4 is 11.6 Å². The van der Waals surface area contributed by atoms with Gasteiger partial charge in [0, 0.05) is 32.3 Å². The lowest BCUT2D eigenvalue weighted by Crippen LogP contribution is -2.37. The van der Waals surface area contributed by atoms with Crippen LogP contribution in [-0.2, 0) is 18.4 Å². The second-order valence-electron chi connectivity index (χ2n) is 5.81. The van der Waals surface area contributed by atoms with Crippen LogP contribution in [0, 0.1) is 0 Å². The molecule has 0 unspecified atom stereocenters. The van der Waals surface area contributed by atoms with Gasteiger partial charge in [-0.1, -0.05) is 0 Å². The summed E-state index contributed by atoms with van der Waals surface area (Å²) in [5, 5.41) is 4.18. The molecule has 110 valence electrons. The molecule has 2 aliphatic heterocycles. The second-order valence-corrected chi connectivity index (χ2v) is 5.81. The van der Waals surface area contributed by atoms with Crippen LogP contribution in [0.5, 0.6) is 0 Å². The van der Waals surface area contributed by atoms with E-state index in [9.17, 15) is 4.79 Å². The third-order valence-corrected chi connectivity index (χ3v) is 4.52. The quantitative estimate of drug-likeness (QED) is 0.855. The summed E-state index contributed by atoms with van der Waals surface area (Å²) in [5.74, 6) is 1.16.